The summed E-state index contributed by atoms with van der Waals surface area (Å²) in [6, 6.07) is 17.3. The molecule has 2 N–H and O–H groups in total. The molecule has 0 amide bonds. The normalized spacial score (nSPS) is 14.6. The number of H-pyrrole nitrogens is 1. The molecule has 1 atom stereocenters. The molecule has 1 aromatic heterocycles. The van der Waals surface area contributed by atoms with Crippen LogP contribution in [0.3, 0.4) is 0 Å². The van der Waals surface area contributed by atoms with E-state index in [2.05, 4.69) is 71.0 Å². The number of benzene rings is 2. The summed E-state index contributed by atoms with van der Waals surface area (Å²) in [4.78, 5) is 0. The summed E-state index contributed by atoms with van der Waals surface area (Å²) < 4.78 is 5.77. The quantitative estimate of drug-likeness (QED) is 0.744. The van der Waals surface area contributed by atoms with E-state index in [1.54, 1.807) is 0 Å². The van der Waals surface area contributed by atoms with E-state index < -0.39 is 0 Å². The van der Waals surface area contributed by atoms with Gasteiger partial charge in [-0.15, -0.1) is 0 Å². The summed E-state index contributed by atoms with van der Waals surface area (Å²) >= 11 is 0. The van der Waals surface area contributed by atoms with Crippen LogP contribution in [0.15, 0.2) is 54.7 Å². The summed E-state index contributed by atoms with van der Waals surface area (Å²) in [5, 5.41) is 10.8. The van der Waals surface area contributed by atoms with E-state index in [0.717, 1.165) is 37.4 Å². The van der Waals surface area contributed by atoms with Crippen molar-refractivity contribution >= 4 is 0 Å². The molecule has 0 unspecified atom stereocenters. The maximum atomic E-state index is 5.77. The van der Waals surface area contributed by atoms with E-state index >= 15 is 0 Å². The number of hydrogen-bond acceptors (Lipinski definition) is 3. The second-order valence-electron chi connectivity index (χ2n) is 6.56. The van der Waals surface area contributed by atoms with Gasteiger partial charge in [-0.3, -0.25) is 5.10 Å². The molecule has 2 aromatic carbocycles. The second-order valence-corrected chi connectivity index (χ2v) is 6.56. The Morgan fingerprint density at radius 1 is 1.16 bits per heavy atom. The zero-order chi connectivity index (χ0) is 17.1. The Morgan fingerprint density at radius 3 is 2.84 bits per heavy atom. The summed E-state index contributed by atoms with van der Waals surface area (Å²) in [5.74, 6) is 1.03. The highest BCUT2D eigenvalue weighted by Gasteiger charge is 2.18. The van der Waals surface area contributed by atoms with Gasteiger partial charge in [0.2, 0.25) is 0 Å². The van der Waals surface area contributed by atoms with E-state index in [1.807, 2.05) is 6.20 Å². The van der Waals surface area contributed by atoms with Gasteiger partial charge >= 0.3 is 0 Å². The van der Waals surface area contributed by atoms with Gasteiger partial charge < -0.3 is 10.1 Å². The number of hydrogen-bond donors (Lipinski definition) is 2. The van der Waals surface area contributed by atoms with Gasteiger partial charge in [-0.25, -0.2) is 0 Å². The van der Waals surface area contributed by atoms with Crippen molar-refractivity contribution in [3.63, 3.8) is 0 Å². The molecule has 0 aliphatic carbocycles. The minimum Gasteiger partial charge on any atom is -0.493 e. The van der Waals surface area contributed by atoms with Crippen LogP contribution in [0.5, 0.6) is 5.75 Å². The highest BCUT2D eigenvalue weighted by atomic mass is 16.5. The van der Waals surface area contributed by atoms with Gasteiger partial charge in [0.15, 0.2) is 0 Å². The minimum atomic E-state index is 0.141. The molecule has 128 valence electrons. The highest BCUT2D eigenvalue weighted by Crippen LogP contribution is 2.30. The van der Waals surface area contributed by atoms with E-state index in [0.29, 0.717) is 0 Å². The number of fused-ring (bicyclic) bond motifs is 1. The Labute approximate surface area is 148 Å². The van der Waals surface area contributed by atoms with Gasteiger partial charge in [0.25, 0.3) is 0 Å². The van der Waals surface area contributed by atoms with Crippen LogP contribution in [0.25, 0.3) is 0 Å². The summed E-state index contributed by atoms with van der Waals surface area (Å²) in [6.45, 7) is 3.65. The predicted molar refractivity (Wildman–Crippen MR) is 98.7 cm³/mol. The molecular weight excluding hydrogens is 310 g/mol. The first-order valence-electron chi connectivity index (χ1n) is 8.84. The number of rotatable bonds is 5. The van der Waals surface area contributed by atoms with E-state index in [-0.39, 0.29) is 6.04 Å². The number of aromatic amines is 1. The smallest absolute Gasteiger partial charge is 0.122 e. The van der Waals surface area contributed by atoms with E-state index in [9.17, 15) is 0 Å². The van der Waals surface area contributed by atoms with Crippen LogP contribution in [-0.4, -0.2) is 16.8 Å². The Kier molecular flexibility index (Phi) is 4.53. The number of ether oxygens (including phenoxy) is 1. The van der Waals surface area contributed by atoms with Crippen LogP contribution < -0.4 is 10.1 Å². The fourth-order valence-electron chi connectivity index (χ4n) is 3.40. The Morgan fingerprint density at radius 2 is 2.04 bits per heavy atom. The molecule has 0 radical (unpaired) electrons. The average Bonchev–Trinajstić information content (AvgIpc) is 3.08. The largest absolute Gasteiger partial charge is 0.493 e. The molecule has 4 nitrogen and oxygen atoms in total. The molecule has 1 aliphatic heterocycles. The summed E-state index contributed by atoms with van der Waals surface area (Å²) in [6.07, 6.45) is 4.07. The Balaban J connectivity index is 1.64. The molecule has 0 saturated carbocycles. The number of nitrogens with one attached hydrogen (secondary N) is 2. The molecule has 4 rings (SSSR count). The Hall–Kier alpha value is -2.59. The molecule has 1 aliphatic rings. The van der Waals surface area contributed by atoms with Gasteiger partial charge in [0.05, 0.1) is 18.8 Å². The standard InChI is InChI=1S/C21H23N3O/c1-15-19(14-23-24-15)13-22-21(16-6-3-2-4-7-16)18-9-10-20-17(12-18)8-5-11-25-20/h2-4,6-7,9-10,12,14,21-22H,5,8,11,13H2,1H3,(H,23,24)/t21-/m0/s1. The van der Waals surface area contributed by atoms with Gasteiger partial charge in [0, 0.05) is 17.8 Å². The van der Waals surface area contributed by atoms with Crippen LogP contribution in [0, 0.1) is 6.92 Å². The van der Waals surface area contributed by atoms with Crippen molar-refractivity contribution in [2.24, 2.45) is 0 Å². The lowest BCUT2D eigenvalue weighted by Gasteiger charge is -2.23. The van der Waals surface area contributed by atoms with Crippen molar-refractivity contribution in [3.05, 3.63) is 82.7 Å². The number of nitrogens with zero attached hydrogens (tertiary/aromatic N) is 1. The molecular formula is C21H23N3O. The predicted octanol–water partition coefficient (Wildman–Crippen LogP) is 3.92. The second kappa shape index (κ2) is 7.11. The molecule has 2 heterocycles. The topological polar surface area (TPSA) is 49.9 Å². The fraction of sp³-hybridized carbons (Fsp3) is 0.286. The van der Waals surface area contributed by atoms with Gasteiger partial charge in [-0.2, -0.15) is 5.10 Å². The first-order valence-corrected chi connectivity index (χ1v) is 8.84. The lowest BCUT2D eigenvalue weighted by Crippen LogP contribution is -2.22. The molecule has 0 bridgehead atoms. The third-order valence-electron chi connectivity index (χ3n) is 4.83. The van der Waals surface area contributed by atoms with Gasteiger partial charge in [-0.1, -0.05) is 42.5 Å². The van der Waals surface area contributed by atoms with Crippen molar-refractivity contribution in [1.29, 1.82) is 0 Å². The Bertz CT molecular complexity index is 841. The maximum absolute atomic E-state index is 5.77. The first-order chi connectivity index (χ1) is 12.3. The van der Waals surface area contributed by atoms with Crippen molar-refractivity contribution in [1.82, 2.24) is 15.5 Å². The molecule has 0 fully saturated rings. The summed E-state index contributed by atoms with van der Waals surface area (Å²) in [5.41, 5.74) is 6.16. The van der Waals surface area contributed by atoms with Crippen LogP contribution >= 0.6 is 0 Å². The van der Waals surface area contributed by atoms with Crippen molar-refractivity contribution in [2.45, 2.75) is 32.4 Å². The molecule has 3 aromatic rings. The average molecular weight is 333 g/mol. The third-order valence-corrected chi connectivity index (χ3v) is 4.83. The zero-order valence-corrected chi connectivity index (χ0v) is 14.5. The van der Waals surface area contributed by atoms with Crippen LogP contribution in [0.2, 0.25) is 0 Å². The molecule has 25 heavy (non-hydrogen) atoms. The SMILES string of the molecule is Cc1[nH]ncc1CN[C@@H](c1ccccc1)c1ccc2c(c1)CCCO2. The third kappa shape index (κ3) is 3.44. The zero-order valence-electron chi connectivity index (χ0n) is 14.5. The van der Waals surface area contributed by atoms with E-state index in [4.69, 9.17) is 4.74 Å². The lowest BCUT2D eigenvalue weighted by atomic mass is 9.94. The van der Waals surface area contributed by atoms with Crippen molar-refractivity contribution in [3.8, 4) is 5.75 Å². The van der Waals surface area contributed by atoms with Crippen molar-refractivity contribution < 1.29 is 4.74 Å². The number of aromatic nitrogens is 2. The van der Waals surface area contributed by atoms with Gasteiger partial charge in [-0.05, 0) is 42.5 Å². The molecule has 0 saturated heterocycles. The lowest BCUT2D eigenvalue weighted by molar-refractivity contribution is 0.288. The molecule has 0 spiro atoms. The monoisotopic (exact) mass is 333 g/mol. The van der Waals surface area contributed by atoms with Crippen LogP contribution in [-0.2, 0) is 13.0 Å². The number of aryl methyl sites for hydroxylation is 2. The minimum absolute atomic E-state index is 0.141. The summed E-state index contributed by atoms with van der Waals surface area (Å²) in [7, 11) is 0. The van der Waals surface area contributed by atoms with Crippen molar-refractivity contribution in [2.75, 3.05) is 6.61 Å². The van der Waals surface area contributed by atoms with Crippen LogP contribution in [0.1, 0.15) is 40.4 Å². The van der Waals surface area contributed by atoms with Gasteiger partial charge in [0.1, 0.15) is 5.75 Å². The van der Waals surface area contributed by atoms with Crippen LogP contribution in [0.4, 0.5) is 0 Å². The molecule has 4 heteroatoms. The maximum Gasteiger partial charge on any atom is 0.122 e. The fourth-order valence-corrected chi connectivity index (χ4v) is 3.40. The van der Waals surface area contributed by atoms with E-state index in [1.165, 1.54) is 22.3 Å². The highest BCUT2D eigenvalue weighted by molar-refractivity contribution is 5.42. The first kappa shape index (κ1) is 15.9.